The summed E-state index contributed by atoms with van der Waals surface area (Å²) in [4.78, 5) is 21.1. The van der Waals surface area contributed by atoms with Gasteiger partial charge in [0.25, 0.3) is 0 Å². The first kappa shape index (κ1) is 10.4. The summed E-state index contributed by atoms with van der Waals surface area (Å²) >= 11 is 0. The Bertz CT molecular complexity index is 141. The third-order valence-electron chi connectivity index (χ3n) is 2.82. The molecule has 1 aliphatic rings. The van der Waals surface area contributed by atoms with Crippen LogP contribution in [0.5, 0.6) is 0 Å². The fourth-order valence-electron chi connectivity index (χ4n) is 2.02. The maximum Gasteiger partial charge on any atom is 0.175 e. The van der Waals surface area contributed by atoms with E-state index in [0.29, 0.717) is 0 Å². The van der Waals surface area contributed by atoms with Crippen LogP contribution in [0.1, 0.15) is 26.2 Å². The van der Waals surface area contributed by atoms with Crippen molar-refractivity contribution in [1.82, 2.24) is 4.90 Å². The Kier molecular flexibility index (Phi) is 3.92. The molecule has 0 saturated carbocycles. The van der Waals surface area contributed by atoms with E-state index >= 15 is 0 Å². The van der Waals surface area contributed by atoms with Crippen molar-refractivity contribution >= 4 is 19.5 Å². The second-order valence-electron chi connectivity index (χ2n) is 3.63. The average Bonchev–Trinajstić information content (AvgIpc) is 2.50. The molecule has 5 heteroatoms. The van der Waals surface area contributed by atoms with Gasteiger partial charge in [-0.2, -0.15) is 0 Å². The van der Waals surface area contributed by atoms with E-state index in [4.69, 9.17) is 0 Å². The zero-order valence-electron chi connectivity index (χ0n) is 7.79. The predicted molar refractivity (Wildman–Crippen MR) is 55.4 cm³/mol. The average molecular weight is 205 g/mol. The van der Waals surface area contributed by atoms with Gasteiger partial charge in [0.15, 0.2) is 19.5 Å². The zero-order chi connectivity index (χ0) is 9.03. The second kappa shape index (κ2) is 4.52. The van der Waals surface area contributed by atoms with Crippen molar-refractivity contribution in [1.29, 1.82) is 0 Å². The van der Waals surface area contributed by atoms with Crippen molar-refractivity contribution in [3.8, 4) is 0 Å². The lowest BCUT2D eigenvalue weighted by atomic mass is 10.4. The first-order valence-electron chi connectivity index (χ1n) is 4.76. The highest BCUT2D eigenvalue weighted by Crippen LogP contribution is 2.26. The molecule has 0 aromatic rings. The molecule has 0 aromatic carbocycles. The van der Waals surface area contributed by atoms with Crippen molar-refractivity contribution in [3.63, 3.8) is 0 Å². The Labute approximate surface area is 78.7 Å². The van der Waals surface area contributed by atoms with E-state index in [1.807, 2.05) is 0 Å². The minimum atomic E-state index is -1.05. The van der Waals surface area contributed by atoms with Crippen molar-refractivity contribution in [2.24, 2.45) is 0 Å². The molecule has 3 nitrogen and oxygen atoms in total. The van der Waals surface area contributed by atoms with Crippen LogP contribution in [0.25, 0.3) is 0 Å². The van der Waals surface area contributed by atoms with Crippen LogP contribution in [-0.2, 0) is 0 Å². The fraction of sp³-hybridized carbons (Fsp3) is 1.00. The van der Waals surface area contributed by atoms with Crippen LogP contribution in [-0.4, -0.2) is 51.9 Å². The van der Waals surface area contributed by atoms with Gasteiger partial charge in [-0.15, -0.1) is 0 Å². The molecule has 1 heterocycles. The Balaban J connectivity index is 2.58. The van der Waals surface area contributed by atoms with Gasteiger partial charge in [-0.05, 0) is 32.4 Å². The third kappa shape index (κ3) is 1.80. The van der Waals surface area contributed by atoms with Crippen LogP contribution < -0.4 is 0 Å². The third-order valence-corrected chi connectivity index (χ3v) is 6.94. The minimum absolute atomic E-state index is 0.0317. The molecule has 0 amide bonds. The van der Waals surface area contributed by atoms with Gasteiger partial charge in [0.05, 0.1) is 0 Å². The van der Waals surface area contributed by atoms with Crippen LogP contribution in [0.2, 0.25) is 0 Å². The molecule has 2 N–H and O–H groups in total. The van der Waals surface area contributed by atoms with Gasteiger partial charge in [0.2, 0.25) is 0 Å². The molecule has 1 aliphatic heterocycles. The quantitative estimate of drug-likeness (QED) is 0.538. The van der Waals surface area contributed by atoms with E-state index in [1.165, 1.54) is 6.42 Å². The zero-order valence-corrected chi connectivity index (χ0v) is 10.6. The molecule has 1 rings (SSSR count). The molecule has 0 atom stereocenters. The minimum Gasteiger partial charge on any atom is -0.437 e. The molecular formula is C7H19NO2Si2. The smallest absolute Gasteiger partial charge is 0.175 e. The molecule has 1 fully saturated rings. The Hall–Kier alpha value is 0.314. The van der Waals surface area contributed by atoms with Crippen LogP contribution >= 0.6 is 0 Å². The highest BCUT2D eigenvalue weighted by molar-refractivity contribution is 6.54. The maximum atomic E-state index is 9.39. The SMILES string of the molecule is CCCN1CCCC1([SiH2]O)[SiH2]O. The van der Waals surface area contributed by atoms with Crippen molar-refractivity contribution in [2.75, 3.05) is 13.1 Å². The molecule has 72 valence electrons. The monoisotopic (exact) mass is 205 g/mol. The van der Waals surface area contributed by atoms with Gasteiger partial charge in [-0.1, -0.05) is 6.92 Å². The summed E-state index contributed by atoms with van der Waals surface area (Å²) in [5.41, 5.74) is 0. The summed E-state index contributed by atoms with van der Waals surface area (Å²) in [5, 5.41) is 0. The van der Waals surface area contributed by atoms with E-state index < -0.39 is 19.5 Å². The number of rotatable bonds is 4. The van der Waals surface area contributed by atoms with Gasteiger partial charge in [0, 0.05) is 4.79 Å². The highest BCUT2D eigenvalue weighted by atomic mass is 28.3. The lowest BCUT2D eigenvalue weighted by Crippen LogP contribution is -2.54. The first-order valence-corrected chi connectivity index (χ1v) is 7.44. The van der Waals surface area contributed by atoms with Gasteiger partial charge in [-0.25, -0.2) is 0 Å². The van der Waals surface area contributed by atoms with Crippen LogP contribution in [0.3, 0.4) is 0 Å². The van der Waals surface area contributed by atoms with Crippen molar-refractivity contribution < 1.29 is 9.59 Å². The number of hydrogen-bond acceptors (Lipinski definition) is 3. The lowest BCUT2D eigenvalue weighted by Gasteiger charge is -2.34. The standard InChI is InChI=1S/C7H19NO2Si2/c1-2-5-8-6-3-4-7(8,11-9)12-10/h9-10H,2-6,11-12H2,1H3. The fourth-order valence-corrected chi connectivity index (χ4v) is 4.27. The number of likely N-dealkylation sites (tertiary alicyclic amines) is 1. The summed E-state index contributed by atoms with van der Waals surface area (Å²) < 4.78 is 0. The Morgan fingerprint density at radius 1 is 1.42 bits per heavy atom. The van der Waals surface area contributed by atoms with E-state index in [1.54, 1.807) is 0 Å². The predicted octanol–water partition coefficient (Wildman–Crippen LogP) is -1.70. The summed E-state index contributed by atoms with van der Waals surface area (Å²) in [6.07, 6.45) is 3.35. The van der Waals surface area contributed by atoms with Gasteiger partial charge >= 0.3 is 0 Å². The Morgan fingerprint density at radius 2 is 2.08 bits per heavy atom. The second-order valence-corrected chi connectivity index (χ2v) is 7.90. The molecule has 12 heavy (non-hydrogen) atoms. The molecule has 0 radical (unpaired) electrons. The molecule has 0 aromatic heterocycles. The molecule has 0 spiro atoms. The van der Waals surface area contributed by atoms with E-state index in [0.717, 1.165) is 25.9 Å². The topological polar surface area (TPSA) is 43.7 Å². The summed E-state index contributed by atoms with van der Waals surface area (Å²) in [7, 11) is -2.09. The van der Waals surface area contributed by atoms with E-state index in [-0.39, 0.29) is 4.79 Å². The first-order chi connectivity index (χ1) is 5.79. The number of nitrogens with zero attached hydrogens (tertiary/aromatic N) is 1. The normalized spacial score (nSPS) is 33.2. The lowest BCUT2D eigenvalue weighted by molar-refractivity contribution is 0.253. The van der Waals surface area contributed by atoms with Gasteiger partial charge in [0.1, 0.15) is 0 Å². The highest BCUT2D eigenvalue weighted by Gasteiger charge is 2.40. The van der Waals surface area contributed by atoms with Gasteiger partial charge < -0.3 is 9.59 Å². The van der Waals surface area contributed by atoms with Crippen molar-refractivity contribution in [3.05, 3.63) is 0 Å². The van der Waals surface area contributed by atoms with E-state index in [2.05, 4.69) is 11.8 Å². The molecule has 0 bridgehead atoms. The van der Waals surface area contributed by atoms with Crippen LogP contribution in [0.4, 0.5) is 0 Å². The Morgan fingerprint density at radius 3 is 2.58 bits per heavy atom. The largest absolute Gasteiger partial charge is 0.437 e. The van der Waals surface area contributed by atoms with Crippen molar-refractivity contribution in [2.45, 2.75) is 31.0 Å². The summed E-state index contributed by atoms with van der Waals surface area (Å²) in [5.74, 6) is 0. The number of hydrogen-bond donors (Lipinski definition) is 2. The summed E-state index contributed by atoms with van der Waals surface area (Å²) in [6.45, 7) is 4.30. The van der Waals surface area contributed by atoms with E-state index in [9.17, 15) is 9.59 Å². The van der Waals surface area contributed by atoms with Gasteiger partial charge in [-0.3, -0.25) is 4.90 Å². The molecule has 0 unspecified atom stereocenters. The van der Waals surface area contributed by atoms with Crippen LogP contribution in [0, 0.1) is 0 Å². The molecule has 0 aliphatic carbocycles. The maximum absolute atomic E-state index is 9.39. The summed E-state index contributed by atoms with van der Waals surface area (Å²) in [6, 6.07) is 0. The molecular weight excluding hydrogens is 186 g/mol. The molecule has 1 saturated heterocycles. The van der Waals surface area contributed by atoms with Crippen LogP contribution in [0.15, 0.2) is 0 Å².